The minimum Gasteiger partial charge on any atom is -0.491 e. The van der Waals surface area contributed by atoms with Gasteiger partial charge in [0.25, 0.3) is 0 Å². The number of nitrogens with zero attached hydrogens (tertiary/aromatic N) is 3. The van der Waals surface area contributed by atoms with Crippen LogP contribution in [0.5, 0.6) is 17.2 Å². The molecule has 34 heavy (non-hydrogen) atoms. The van der Waals surface area contributed by atoms with Crippen molar-refractivity contribution in [3.05, 3.63) is 84.8 Å². The third-order valence-electron chi connectivity index (χ3n) is 5.42. The lowest BCUT2D eigenvalue weighted by Crippen LogP contribution is -2.04. The summed E-state index contributed by atoms with van der Waals surface area (Å²) in [5.74, 6) is 2.94. The molecule has 3 aromatic carbocycles. The quantitative estimate of drug-likeness (QED) is 0.287. The van der Waals surface area contributed by atoms with Crippen molar-refractivity contribution >= 4 is 33.3 Å². The Bertz CT molecular complexity index is 1450. The molecule has 2 aromatic heterocycles. The van der Waals surface area contributed by atoms with Gasteiger partial charge in [-0.3, -0.25) is 4.98 Å². The van der Waals surface area contributed by atoms with Gasteiger partial charge in [0.05, 0.1) is 12.1 Å². The number of benzene rings is 3. The Morgan fingerprint density at radius 2 is 1.76 bits per heavy atom. The number of fused-ring (bicyclic) bond motifs is 2. The van der Waals surface area contributed by atoms with Crippen LogP contribution in [0.3, 0.4) is 0 Å². The van der Waals surface area contributed by atoms with Crippen LogP contribution in [0, 0.1) is 6.92 Å². The van der Waals surface area contributed by atoms with Gasteiger partial charge in [-0.15, -0.1) is 0 Å². The number of aromatic nitrogens is 3. The molecule has 7 nitrogen and oxygen atoms in total. The maximum absolute atomic E-state index is 6.22. The molecule has 0 amide bonds. The zero-order valence-corrected chi connectivity index (χ0v) is 19.0. The maximum atomic E-state index is 6.22. The van der Waals surface area contributed by atoms with Crippen molar-refractivity contribution in [2.45, 2.75) is 6.92 Å². The molecule has 0 aliphatic carbocycles. The van der Waals surface area contributed by atoms with Crippen molar-refractivity contribution in [3.8, 4) is 17.2 Å². The Kier molecular flexibility index (Phi) is 6.18. The van der Waals surface area contributed by atoms with Crippen molar-refractivity contribution in [2.75, 3.05) is 25.6 Å². The predicted molar refractivity (Wildman–Crippen MR) is 133 cm³/mol. The number of ether oxygens (including phenoxy) is 3. The number of aryl methyl sites for hydroxylation is 1. The lowest BCUT2D eigenvalue weighted by Gasteiger charge is -2.14. The molecule has 0 aliphatic rings. The molecular weight excluding hydrogens is 428 g/mol. The summed E-state index contributed by atoms with van der Waals surface area (Å²) in [4.78, 5) is 13.3. The van der Waals surface area contributed by atoms with Gasteiger partial charge in [-0.1, -0.05) is 18.2 Å². The third kappa shape index (κ3) is 4.60. The van der Waals surface area contributed by atoms with E-state index in [9.17, 15) is 0 Å². The standard InChI is InChI=1S/C27H24N4O3/c1-18-15-20(8-11-24(18)34-25-7-3-5-19-6-4-12-28-26(19)25)31-27-22-16-21(33-14-13-32-2)9-10-23(22)29-17-30-27/h3-12,15-17H,13-14H2,1-2H3,(H,29,30,31). The molecule has 170 valence electrons. The first kappa shape index (κ1) is 21.6. The first-order valence-electron chi connectivity index (χ1n) is 11.0. The van der Waals surface area contributed by atoms with E-state index >= 15 is 0 Å². The average molecular weight is 453 g/mol. The van der Waals surface area contributed by atoms with Gasteiger partial charge in [0, 0.05) is 29.8 Å². The number of hydrogen-bond donors (Lipinski definition) is 1. The SMILES string of the molecule is COCCOc1ccc2ncnc(Nc3ccc(Oc4cccc5cccnc45)c(C)c3)c2c1. The summed E-state index contributed by atoms with van der Waals surface area (Å²) >= 11 is 0. The van der Waals surface area contributed by atoms with Gasteiger partial charge in [0.2, 0.25) is 0 Å². The first-order valence-corrected chi connectivity index (χ1v) is 11.0. The van der Waals surface area contributed by atoms with Crippen LogP contribution in [0.2, 0.25) is 0 Å². The lowest BCUT2D eigenvalue weighted by atomic mass is 10.1. The third-order valence-corrected chi connectivity index (χ3v) is 5.42. The van der Waals surface area contributed by atoms with E-state index in [0.717, 1.165) is 50.3 Å². The topological polar surface area (TPSA) is 78.4 Å². The zero-order valence-electron chi connectivity index (χ0n) is 19.0. The second kappa shape index (κ2) is 9.72. The predicted octanol–water partition coefficient (Wildman–Crippen LogP) is 6.05. The van der Waals surface area contributed by atoms with Crippen LogP contribution in [-0.2, 0) is 4.74 Å². The van der Waals surface area contributed by atoms with E-state index in [0.29, 0.717) is 19.0 Å². The van der Waals surface area contributed by atoms with Crippen LogP contribution >= 0.6 is 0 Å². The maximum Gasteiger partial charge on any atom is 0.153 e. The minimum atomic E-state index is 0.478. The van der Waals surface area contributed by atoms with E-state index in [1.165, 1.54) is 0 Å². The van der Waals surface area contributed by atoms with E-state index in [-0.39, 0.29) is 0 Å². The molecule has 2 heterocycles. The van der Waals surface area contributed by atoms with Crippen LogP contribution in [-0.4, -0.2) is 35.3 Å². The molecule has 0 atom stereocenters. The number of methoxy groups -OCH3 is 1. The van der Waals surface area contributed by atoms with Gasteiger partial charge < -0.3 is 19.5 Å². The molecule has 0 unspecified atom stereocenters. The molecule has 7 heteroatoms. The monoisotopic (exact) mass is 452 g/mol. The van der Waals surface area contributed by atoms with Gasteiger partial charge in [-0.2, -0.15) is 0 Å². The molecule has 1 N–H and O–H groups in total. The van der Waals surface area contributed by atoms with Crippen LogP contribution < -0.4 is 14.8 Å². The van der Waals surface area contributed by atoms with Crippen molar-refractivity contribution < 1.29 is 14.2 Å². The molecule has 5 aromatic rings. The second-order valence-electron chi connectivity index (χ2n) is 7.78. The van der Waals surface area contributed by atoms with E-state index in [1.807, 2.05) is 73.7 Å². The summed E-state index contributed by atoms with van der Waals surface area (Å²) in [6.07, 6.45) is 3.32. The molecule has 0 saturated carbocycles. The first-order chi connectivity index (χ1) is 16.7. The molecule has 0 bridgehead atoms. The number of pyridine rings is 1. The Morgan fingerprint density at radius 3 is 2.65 bits per heavy atom. The highest BCUT2D eigenvalue weighted by Crippen LogP contribution is 2.33. The highest BCUT2D eigenvalue weighted by Gasteiger charge is 2.10. The zero-order chi connectivity index (χ0) is 23.3. The largest absolute Gasteiger partial charge is 0.491 e. The number of anilines is 2. The fraction of sp³-hybridized carbons (Fsp3) is 0.148. The van der Waals surface area contributed by atoms with Crippen LogP contribution in [0.15, 0.2) is 79.3 Å². The summed E-state index contributed by atoms with van der Waals surface area (Å²) in [5, 5.41) is 5.32. The minimum absolute atomic E-state index is 0.478. The van der Waals surface area contributed by atoms with Crippen LogP contribution in [0.4, 0.5) is 11.5 Å². The summed E-state index contributed by atoms with van der Waals surface area (Å²) in [7, 11) is 1.65. The summed E-state index contributed by atoms with van der Waals surface area (Å²) in [6.45, 7) is 3.02. The molecular formula is C27H24N4O3. The number of para-hydroxylation sites is 1. The van der Waals surface area contributed by atoms with E-state index < -0.39 is 0 Å². The molecule has 0 saturated heterocycles. The summed E-state index contributed by atoms with van der Waals surface area (Å²) < 4.78 is 17.0. The van der Waals surface area contributed by atoms with Gasteiger partial charge >= 0.3 is 0 Å². The van der Waals surface area contributed by atoms with Gasteiger partial charge in [0.1, 0.15) is 35.8 Å². The summed E-state index contributed by atoms with van der Waals surface area (Å²) in [5.41, 5.74) is 3.55. The Balaban J connectivity index is 1.39. The van der Waals surface area contributed by atoms with Crippen LogP contribution in [0.1, 0.15) is 5.56 Å². The van der Waals surface area contributed by atoms with Gasteiger partial charge in [-0.05, 0) is 61.0 Å². The van der Waals surface area contributed by atoms with Crippen molar-refractivity contribution in [1.82, 2.24) is 15.0 Å². The molecule has 0 radical (unpaired) electrons. The molecule has 0 aliphatic heterocycles. The second-order valence-corrected chi connectivity index (χ2v) is 7.78. The highest BCUT2D eigenvalue weighted by atomic mass is 16.5. The number of hydrogen-bond acceptors (Lipinski definition) is 7. The van der Waals surface area contributed by atoms with Crippen molar-refractivity contribution in [1.29, 1.82) is 0 Å². The van der Waals surface area contributed by atoms with Crippen molar-refractivity contribution in [2.24, 2.45) is 0 Å². The van der Waals surface area contributed by atoms with E-state index in [4.69, 9.17) is 14.2 Å². The summed E-state index contributed by atoms with van der Waals surface area (Å²) in [6, 6.07) is 21.6. The molecule has 0 spiro atoms. The smallest absolute Gasteiger partial charge is 0.153 e. The van der Waals surface area contributed by atoms with Gasteiger partial charge in [-0.25, -0.2) is 9.97 Å². The Labute approximate surface area is 197 Å². The molecule has 5 rings (SSSR count). The fourth-order valence-electron chi connectivity index (χ4n) is 3.72. The van der Waals surface area contributed by atoms with Gasteiger partial charge in [0.15, 0.2) is 5.75 Å². The highest BCUT2D eigenvalue weighted by molar-refractivity contribution is 5.91. The normalized spacial score (nSPS) is 11.0. The lowest BCUT2D eigenvalue weighted by molar-refractivity contribution is 0.146. The van der Waals surface area contributed by atoms with E-state index in [1.54, 1.807) is 19.6 Å². The van der Waals surface area contributed by atoms with E-state index in [2.05, 4.69) is 20.3 Å². The van der Waals surface area contributed by atoms with Crippen molar-refractivity contribution in [3.63, 3.8) is 0 Å². The average Bonchev–Trinajstić information content (AvgIpc) is 2.86. The fourth-order valence-corrected chi connectivity index (χ4v) is 3.72. The van der Waals surface area contributed by atoms with Crippen LogP contribution in [0.25, 0.3) is 21.8 Å². The molecule has 0 fully saturated rings. The Hall–Kier alpha value is -4.23. The number of nitrogens with one attached hydrogen (secondary N) is 1. The number of rotatable bonds is 8. The Morgan fingerprint density at radius 1 is 0.853 bits per heavy atom.